The second-order valence-corrected chi connectivity index (χ2v) is 4.12. The van der Waals surface area contributed by atoms with Crippen molar-refractivity contribution in [1.82, 2.24) is 0 Å². The zero-order valence-electron chi connectivity index (χ0n) is 9.79. The molecule has 0 saturated carbocycles. The molecule has 0 atom stereocenters. The summed E-state index contributed by atoms with van der Waals surface area (Å²) in [6, 6.07) is 0. The van der Waals surface area contributed by atoms with E-state index in [2.05, 4.69) is 38.7 Å². The first-order valence-electron chi connectivity index (χ1n) is 5.53. The largest absolute Gasteiger partial charge is 0.0991 e. The van der Waals surface area contributed by atoms with Gasteiger partial charge in [0.2, 0.25) is 0 Å². The summed E-state index contributed by atoms with van der Waals surface area (Å²) in [7, 11) is 0. The van der Waals surface area contributed by atoms with Gasteiger partial charge in [-0.1, -0.05) is 54.2 Å². The summed E-state index contributed by atoms with van der Waals surface area (Å²) in [6.45, 7) is 8.03. The molecule has 0 fully saturated rings. The van der Waals surface area contributed by atoms with E-state index >= 15 is 0 Å². The van der Waals surface area contributed by atoms with E-state index in [1.54, 1.807) is 6.08 Å². The molecule has 0 saturated heterocycles. The highest BCUT2D eigenvalue weighted by molar-refractivity contribution is 5.31. The minimum absolute atomic E-state index is 1.07. The zero-order valence-corrected chi connectivity index (χ0v) is 9.79. The normalized spacial score (nSPS) is 17.6. The van der Waals surface area contributed by atoms with Gasteiger partial charge in [-0.15, -0.1) is 0 Å². The molecule has 1 aliphatic carbocycles. The molecule has 0 unspecified atom stereocenters. The molecule has 80 valence electrons. The van der Waals surface area contributed by atoms with Crippen molar-refractivity contribution < 1.29 is 0 Å². The Balaban J connectivity index is 2.54. The fourth-order valence-electron chi connectivity index (χ4n) is 1.74. The molecule has 0 aromatic heterocycles. The first-order chi connectivity index (χ1) is 7.22. The highest BCUT2D eigenvalue weighted by atomic mass is 14.1. The molecule has 0 amide bonds. The van der Waals surface area contributed by atoms with E-state index in [1.807, 2.05) is 12.2 Å². The number of hydrogen-bond donors (Lipinski definition) is 0. The SMILES string of the molecule is C=C/C=C\C=C(\C)CC1=CCCC(C)=C1. The maximum atomic E-state index is 3.65. The highest BCUT2D eigenvalue weighted by Gasteiger charge is 2.01. The van der Waals surface area contributed by atoms with E-state index in [9.17, 15) is 0 Å². The van der Waals surface area contributed by atoms with Crippen molar-refractivity contribution in [2.24, 2.45) is 0 Å². The molecule has 0 bridgehead atoms. The second kappa shape index (κ2) is 6.23. The van der Waals surface area contributed by atoms with Gasteiger partial charge >= 0.3 is 0 Å². The number of allylic oxidation sites excluding steroid dienone is 9. The van der Waals surface area contributed by atoms with E-state index in [-0.39, 0.29) is 0 Å². The fraction of sp³-hybridized carbons (Fsp3) is 0.333. The fourth-order valence-corrected chi connectivity index (χ4v) is 1.74. The standard InChI is InChI=1S/C15H20/c1-4-5-6-8-13(2)11-15-10-7-9-14(3)12-15/h4-6,8,10,12H,1,7,9,11H2,2-3H3/b6-5-,13-8-. The lowest BCUT2D eigenvalue weighted by Crippen LogP contribution is -1.90. The van der Waals surface area contributed by atoms with Crippen LogP contribution in [0.2, 0.25) is 0 Å². The van der Waals surface area contributed by atoms with E-state index in [1.165, 1.54) is 29.6 Å². The highest BCUT2D eigenvalue weighted by Crippen LogP contribution is 2.21. The number of hydrogen-bond acceptors (Lipinski definition) is 0. The van der Waals surface area contributed by atoms with Gasteiger partial charge in [-0.05, 0) is 38.7 Å². The summed E-state index contributed by atoms with van der Waals surface area (Å²) < 4.78 is 0. The predicted octanol–water partition coefficient (Wildman–Crippen LogP) is 4.73. The Morgan fingerprint density at radius 3 is 2.93 bits per heavy atom. The first kappa shape index (κ1) is 11.8. The lowest BCUT2D eigenvalue weighted by Gasteiger charge is -2.10. The maximum Gasteiger partial charge on any atom is -0.00699 e. The van der Waals surface area contributed by atoms with Gasteiger partial charge < -0.3 is 0 Å². The molecule has 15 heavy (non-hydrogen) atoms. The quantitative estimate of drug-likeness (QED) is 0.575. The molecular formula is C15H20. The van der Waals surface area contributed by atoms with Crippen LogP contribution < -0.4 is 0 Å². The van der Waals surface area contributed by atoms with Crippen molar-refractivity contribution in [3.8, 4) is 0 Å². The summed E-state index contributed by atoms with van der Waals surface area (Å²) in [5.41, 5.74) is 4.35. The lowest BCUT2D eigenvalue weighted by molar-refractivity contribution is 0.928. The minimum Gasteiger partial charge on any atom is -0.0991 e. The Morgan fingerprint density at radius 2 is 2.27 bits per heavy atom. The Bertz CT molecular complexity index is 335. The van der Waals surface area contributed by atoms with Crippen molar-refractivity contribution in [2.75, 3.05) is 0 Å². The Labute approximate surface area is 93.4 Å². The van der Waals surface area contributed by atoms with Gasteiger partial charge in [-0.2, -0.15) is 0 Å². The molecule has 0 heterocycles. The van der Waals surface area contributed by atoms with E-state index in [4.69, 9.17) is 0 Å². The molecule has 0 aromatic rings. The molecule has 0 aliphatic heterocycles. The monoisotopic (exact) mass is 200 g/mol. The van der Waals surface area contributed by atoms with Gasteiger partial charge in [0.25, 0.3) is 0 Å². The lowest BCUT2D eigenvalue weighted by atomic mass is 9.96. The van der Waals surface area contributed by atoms with Crippen molar-refractivity contribution >= 4 is 0 Å². The van der Waals surface area contributed by atoms with Gasteiger partial charge in [0.1, 0.15) is 0 Å². The second-order valence-electron chi connectivity index (χ2n) is 4.12. The molecule has 0 radical (unpaired) electrons. The van der Waals surface area contributed by atoms with E-state index < -0.39 is 0 Å². The van der Waals surface area contributed by atoms with E-state index in [0.717, 1.165) is 6.42 Å². The average Bonchev–Trinajstić information content (AvgIpc) is 2.18. The maximum absolute atomic E-state index is 3.65. The van der Waals surface area contributed by atoms with Crippen LogP contribution in [0.25, 0.3) is 0 Å². The van der Waals surface area contributed by atoms with Crippen LogP contribution in [-0.2, 0) is 0 Å². The zero-order chi connectivity index (χ0) is 11.1. The van der Waals surface area contributed by atoms with Gasteiger partial charge in [-0.25, -0.2) is 0 Å². The summed E-state index contributed by atoms with van der Waals surface area (Å²) in [6.07, 6.45) is 16.1. The Hall–Kier alpha value is -1.30. The van der Waals surface area contributed by atoms with Crippen molar-refractivity contribution in [3.63, 3.8) is 0 Å². The van der Waals surface area contributed by atoms with Crippen molar-refractivity contribution in [2.45, 2.75) is 33.1 Å². The third-order valence-electron chi connectivity index (χ3n) is 2.49. The number of rotatable bonds is 4. The molecule has 1 rings (SSSR count). The van der Waals surface area contributed by atoms with Gasteiger partial charge in [0.05, 0.1) is 0 Å². The molecule has 1 aliphatic rings. The summed E-state index contributed by atoms with van der Waals surface area (Å²) in [5, 5.41) is 0. The van der Waals surface area contributed by atoms with Crippen molar-refractivity contribution in [1.29, 1.82) is 0 Å². The van der Waals surface area contributed by atoms with Gasteiger partial charge in [-0.3, -0.25) is 0 Å². The first-order valence-corrected chi connectivity index (χ1v) is 5.53. The van der Waals surface area contributed by atoms with Crippen molar-refractivity contribution in [3.05, 3.63) is 59.8 Å². The average molecular weight is 200 g/mol. The van der Waals surface area contributed by atoms with Crippen LogP contribution in [0, 0.1) is 0 Å². The molecular weight excluding hydrogens is 180 g/mol. The smallest absolute Gasteiger partial charge is 0.00699 e. The molecule has 0 heteroatoms. The summed E-state index contributed by atoms with van der Waals surface area (Å²) >= 11 is 0. The van der Waals surface area contributed by atoms with Gasteiger partial charge in [0.15, 0.2) is 0 Å². The molecule has 0 N–H and O–H groups in total. The third kappa shape index (κ3) is 4.64. The Kier molecular flexibility index (Phi) is 4.89. The van der Waals surface area contributed by atoms with Crippen LogP contribution in [0.3, 0.4) is 0 Å². The van der Waals surface area contributed by atoms with Gasteiger partial charge in [0, 0.05) is 0 Å². The van der Waals surface area contributed by atoms with E-state index in [0.29, 0.717) is 0 Å². The van der Waals surface area contributed by atoms with Crippen LogP contribution in [0.4, 0.5) is 0 Å². The molecule has 0 nitrogen and oxygen atoms in total. The van der Waals surface area contributed by atoms with Crippen LogP contribution in [-0.4, -0.2) is 0 Å². The van der Waals surface area contributed by atoms with Crippen LogP contribution in [0.5, 0.6) is 0 Å². The molecule has 0 aromatic carbocycles. The summed E-state index contributed by atoms with van der Waals surface area (Å²) in [5.74, 6) is 0. The van der Waals surface area contributed by atoms with Crippen LogP contribution >= 0.6 is 0 Å². The Morgan fingerprint density at radius 1 is 1.47 bits per heavy atom. The van der Waals surface area contributed by atoms with Crippen LogP contribution in [0.15, 0.2) is 59.8 Å². The minimum atomic E-state index is 1.07. The topological polar surface area (TPSA) is 0 Å². The third-order valence-corrected chi connectivity index (χ3v) is 2.49. The summed E-state index contributed by atoms with van der Waals surface area (Å²) in [4.78, 5) is 0. The predicted molar refractivity (Wildman–Crippen MR) is 68.8 cm³/mol. The van der Waals surface area contributed by atoms with Crippen LogP contribution in [0.1, 0.15) is 33.1 Å². The molecule has 0 spiro atoms.